The van der Waals surface area contributed by atoms with E-state index in [2.05, 4.69) is 48.6 Å². The first-order valence-electron chi connectivity index (χ1n) is 6.94. The molecule has 5 nitrogen and oxygen atoms in total. The zero-order chi connectivity index (χ0) is 14.5. The maximum atomic E-state index is 4.61. The van der Waals surface area contributed by atoms with Gasteiger partial charge in [0.05, 0.1) is 5.52 Å². The van der Waals surface area contributed by atoms with E-state index in [1.54, 1.807) is 12.7 Å². The summed E-state index contributed by atoms with van der Waals surface area (Å²) in [6, 6.07) is 10.2. The minimum absolute atomic E-state index is 0.914. The van der Waals surface area contributed by atoms with Crippen LogP contribution in [0.15, 0.2) is 47.5 Å². The monoisotopic (exact) mass is 345 g/mol. The van der Waals surface area contributed by atoms with Gasteiger partial charge in [0.1, 0.15) is 18.5 Å². The fourth-order valence-electron chi connectivity index (χ4n) is 2.17. The summed E-state index contributed by atoms with van der Waals surface area (Å²) >= 11 is 3.47. The third-order valence-electron chi connectivity index (χ3n) is 3.27. The molecule has 0 saturated carbocycles. The Morgan fingerprint density at radius 3 is 2.76 bits per heavy atom. The SMILES string of the molecule is Brc1ccc2nc(NCCCCn3cnnc3)ccc2c1. The average molecular weight is 346 g/mol. The molecule has 0 amide bonds. The molecule has 0 saturated heterocycles. The number of aromatic nitrogens is 4. The van der Waals surface area contributed by atoms with Crippen molar-refractivity contribution in [3.63, 3.8) is 0 Å². The van der Waals surface area contributed by atoms with Crippen molar-refractivity contribution in [1.29, 1.82) is 0 Å². The molecule has 6 heteroatoms. The molecule has 0 aliphatic heterocycles. The number of benzene rings is 1. The van der Waals surface area contributed by atoms with Crippen LogP contribution >= 0.6 is 15.9 Å². The van der Waals surface area contributed by atoms with Crippen LogP contribution in [0.25, 0.3) is 10.9 Å². The molecule has 0 fully saturated rings. The maximum absolute atomic E-state index is 4.61. The highest BCUT2D eigenvalue weighted by Gasteiger charge is 1.99. The Morgan fingerprint density at radius 2 is 1.90 bits per heavy atom. The summed E-state index contributed by atoms with van der Waals surface area (Å²) in [5.41, 5.74) is 1.01. The summed E-state index contributed by atoms with van der Waals surface area (Å²) in [7, 11) is 0. The zero-order valence-corrected chi connectivity index (χ0v) is 13.1. The Morgan fingerprint density at radius 1 is 1.05 bits per heavy atom. The second kappa shape index (κ2) is 6.67. The lowest BCUT2D eigenvalue weighted by atomic mass is 10.2. The third-order valence-corrected chi connectivity index (χ3v) is 3.76. The highest BCUT2D eigenvalue weighted by molar-refractivity contribution is 9.10. The highest BCUT2D eigenvalue weighted by atomic mass is 79.9. The number of fused-ring (bicyclic) bond motifs is 1. The van der Waals surface area contributed by atoms with Crippen molar-refractivity contribution < 1.29 is 0 Å². The summed E-state index contributed by atoms with van der Waals surface area (Å²) in [6.45, 7) is 1.87. The van der Waals surface area contributed by atoms with E-state index in [0.29, 0.717) is 0 Å². The zero-order valence-electron chi connectivity index (χ0n) is 11.5. The number of nitrogens with one attached hydrogen (secondary N) is 1. The molecular formula is C15H16BrN5. The van der Waals surface area contributed by atoms with Crippen LogP contribution in [0.1, 0.15) is 12.8 Å². The fourth-order valence-corrected chi connectivity index (χ4v) is 2.55. The van der Waals surface area contributed by atoms with Crippen LogP contribution in [0.3, 0.4) is 0 Å². The van der Waals surface area contributed by atoms with Crippen molar-refractivity contribution in [2.75, 3.05) is 11.9 Å². The van der Waals surface area contributed by atoms with Crippen LogP contribution in [0, 0.1) is 0 Å². The number of hydrogen-bond acceptors (Lipinski definition) is 4. The van der Waals surface area contributed by atoms with Gasteiger partial charge in [0.15, 0.2) is 0 Å². The average Bonchev–Trinajstić information content (AvgIpc) is 3.00. The molecule has 1 N–H and O–H groups in total. The highest BCUT2D eigenvalue weighted by Crippen LogP contribution is 2.20. The first-order valence-corrected chi connectivity index (χ1v) is 7.73. The molecule has 0 spiro atoms. The number of halogens is 1. The number of anilines is 1. The van der Waals surface area contributed by atoms with Crippen LogP contribution in [-0.2, 0) is 6.54 Å². The summed E-state index contributed by atoms with van der Waals surface area (Å²) in [6.07, 6.45) is 5.66. The van der Waals surface area contributed by atoms with Crippen LogP contribution in [0.4, 0.5) is 5.82 Å². The van der Waals surface area contributed by atoms with Crippen LogP contribution in [0.5, 0.6) is 0 Å². The van der Waals surface area contributed by atoms with Gasteiger partial charge in [0, 0.05) is 22.9 Å². The largest absolute Gasteiger partial charge is 0.370 e. The van der Waals surface area contributed by atoms with E-state index in [4.69, 9.17) is 0 Å². The van der Waals surface area contributed by atoms with Gasteiger partial charge in [-0.3, -0.25) is 0 Å². The molecule has 0 bridgehead atoms. The summed E-state index contributed by atoms with van der Waals surface area (Å²) < 4.78 is 3.07. The van der Waals surface area contributed by atoms with Crippen LogP contribution in [0.2, 0.25) is 0 Å². The standard InChI is InChI=1S/C15H16BrN5/c16-13-4-5-14-12(9-13)3-6-15(20-14)17-7-1-2-8-21-10-18-19-11-21/h3-6,9-11H,1-2,7-8H2,(H,17,20). The fraction of sp³-hybridized carbons (Fsp3) is 0.267. The normalized spacial score (nSPS) is 10.9. The van der Waals surface area contributed by atoms with Gasteiger partial charge < -0.3 is 9.88 Å². The van der Waals surface area contributed by atoms with Gasteiger partial charge in [0.25, 0.3) is 0 Å². The van der Waals surface area contributed by atoms with Crippen molar-refractivity contribution in [2.45, 2.75) is 19.4 Å². The Labute approximate surface area is 131 Å². The molecule has 0 unspecified atom stereocenters. The lowest BCUT2D eigenvalue weighted by molar-refractivity contribution is 0.619. The van der Waals surface area contributed by atoms with Gasteiger partial charge in [-0.25, -0.2) is 4.98 Å². The Balaban J connectivity index is 1.50. The molecule has 21 heavy (non-hydrogen) atoms. The van der Waals surface area contributed by atoms with Crippen molar-refractivity contribution >= 4 is 32.7 Å². The van der Waals surface area contributed by atoms with E-state index in [1.165, 1.54) is 0 Å². The second-order valence-electron chi connectivity index (χ2n) is 4.87. The van der Waals surface area contributed by atoms with Crippen molar-refractivity contribution in [1.82, 2.24) is 19.7 Å². The molecule has 0 radical (unpaired) electrons. The lowest BCUT2D eigenvalue weighted by Crippen LogP contribution is -2.05. The molecule has 0 atom stereocenters. The van der Waals surface area contributed by atoms with E-state index >= 15 is 0 Å². The predicted octanol–water partition coefficient (Wildman–Crippen LogP) is 3.48. The predicted molar refractivity (Wildman–Crippen MR) is 87.2 cm³/mol. The van der Waals surface area contributed by atoms with Gasteiger partial charge in [-0.2, -0.15) is 0 Å². The molecule has 0 aliphatic carbocycles. The molecular weight excluding hydrogens is 330 g/mol. The molecule has 1 aromatic carbocycles. The molecule has 3 aromatic rings. The van der Waals surface area contributed by atoms with Gasteiger partial charge in [-0.1, -0.05) is 15.9 Å². The minimum Gasteiger partial charge on any atom is -0.370 e. The van der Waals surface area contributed by atoms with Crippen molar-refractivity contribution in [3.8, 4) is 0 Å². The Bertz CT molecular complexity index is 711. The molecule has 0 aliphatic rings. The first-order chi connectivity index (χ1) is 10.3. The number of aryl methyl sites for hydroxylation is 1. The van der Waals surface area contributed by atoms with Gasteiger partial charge in [-0.05, 0) is 43.2 Å². The maximum Gasteiger partial charge on any atom is 0.126 e. The molecule has 108 valence electrons. The van der Waals surface area contributed by atoms with E-state index in [0.717, 1.165) is 47.1 Å². The first kappa shape index (κ1) is 14.0. The second-order valence-corrected chi connectivity index (χ2v) is 5.78. The number of rotatable bonds is 6. The van der Waals surface area contributed by atoms with Crippen LogP contribution in [-0.4, -0.2) is 26.3 Å². The Hall–Kier alpha value is -1.95. The third kappa shape index (κ3) is 3.78. The van der Waals surface area contributed by atoms with Gasteiger partial charge >= 0.3 is 0 Å². The van der Waals surface area contributed by atoms with E-state index in [9.17, 15) is 0 Å². The van der Waals surface area contributed by atoms with Crippen molar-refractivity contribution in [3.05, 3.63) is 47.5 Å². The smallest absolute Gasteiger partial charge is 0.126 e. The van der Waals surface area contributed by atoms with E-state index in [1.807, 2.05) is 22.8 Å². The number of unbranched alkanes of at least 4 members (excludes halogenated alkanes) is 1. The summed E-state index contributed by atoms with van der Waals surface area (Å²) in [5, 5.41) is 12.1. The topological polar surface area (TPSA) is 55.6 Å². The minimum atomic E-state index is 0.914. The molecule has 2 aromatic heterocycles. The number of nitrogens with zero attached hydrogens (tertiary/aromatic N) is 4. The quantitative estimate of drug-likeness (QED) is 0.695. The van der Waals surface area contributed by atoms with Crippen LogP contribution < -0.4 is 5.32 Å². The van der Waals surface area contributed by atoms with Gasteiger partial charge in [0.2, 0.25) is 0 Å². The molecule has 3 rings (SSSR count). The summed E-state index contributed by atoms with van der Waals surface area (Å²) in [4.78, 5) is 4.61. The number of hydrogen-bond donors (Lipinski definition) is 1. The number of pyridine rings is 1. The summed E-state index contributed by atoms with van der Waals surface area (Å²) in [5.74, 6) is 0.925. The van der Waals surface area contributed by atoms with E-state index < -0.39 is 0 Å². The van der Waals surface area contributed by atoms with E-state index in [-0.39, 0.29) is 0 Å². The van der Waals surface area contributed by atoms with Crippen molar-refractivity contribution in [2.24, 2.45) is 0 Å². The Kier molecular flexibility index (Phi) is 4.45. The van der Waals surface area contributed by atoms with Gasteiger partial charge in [-0.15, -0.1) is 10.2 Å². The molecule has 2 heterocycles. The lowest BCUT2D eigenvalue weighted by Gasteiger charge is -2.07.